The molecule has 2 aliphatic rings. The summed E-state index contributed by atoms with van der Waals surface area (Å²) in [7, 11) is 0. The minimum Gasteiger partial charge on any atom is -0.473 e. The van der Waals surface area contributed by atoms with Crippen molar-refractivity contribution in [3.8, 4) is 17.5 Å². The summed E-state index contributed by atoms with van der Waals surface area (Å²) in [5, 5.41) is 0.330. The monoisotopic (exact) mass is 456 g/mol. The first-order chi connectivity index (χ1) is 15.3. The van der Waals surface area contributed by atoms with Gasteiger partial charge >= 0.3 is 6.09 Å². The Bertz CT molecular complexity index is 1060. The average molecular weight is 457 g/mol. The van der Waals surface area contributed by atoms with Gasteiger partial charge in [-0.3, -0.25) is 0 Å². The number of carbonyl (C=O) groups excluding carboxylic acids is 1. The highest BCUT2D eigenvalue weighted by Gasteiger charge is 2.55. The predicted octanol–water partition coefficient (Wildman–Crippen LogP) is 5.56. The van der Waals surface area contributed by atoms with E-state index in [-0.39, 0.29) is 23.7 Å². The molecule has 1 aromatic carbocycles. The first kappa shape index (κ1) is 22.2. The van der Waals surface area contributed by atoms with Crippen LogP contribution in [0.3, 0.4) is 0 Å². The highest BCUT2D eigenvalue weighted by Crippen LogP contribution is 2.53. The molecule has 9 heteroatoms. The molecule has 2 fully saturated rings. The van der Waals surface area contributed by atoms with Gasteiger partial charge in [-0.2, -0.15) is 0 Å². The molecule has 1 saturated heterocycles. The van der Waals surface area contributed by atoms with Gasteiger partial charge < -0.3 is 19.1 Å². The van der Waals surface area contributed by atoms with Crippen molar-refractivity contribution in [2.75, 3.05) is 13.1 Å². The lowest BCUT2D eigenvalue weighted by molar-refractivity contribution is 0.0119. The number of benzene rings is 1. The number of nitrogens with zero attached hydrogens (tertiary/aromatic N) is 4. The van der Waals surface area contributed by atoms with Crippen molar-refractivity contribution in [2.45, 2.75) is 52.2 Å². The van der Waals surface area contributed by atoms with E-state index in [4.69, 9.17) is 32.4 Å². The van der Waals surface area contributed by atoms with Gasteiger partial charge in [-0.15, -0.1) is 0 Å². The summed E-state index contributed by atoms with van der Waals surface area (Å²) >= 11 is 6.24. The van der Waals surface area contributed by atoms with E-state index in [0.717, 1.165) is 12.8 Å². The number of piperidine rings is 1. The summed E-state index contributed by atoms with van der Waals surface area (Å²) < 4.78 is 17.6. The molecule has 1 saturated carbocycles. The molecule has 168 valence electrons. The minimum atomic E-state index is -0.264. The molecule has 8 nitrogen and oxygen atoms in total. The molecule has 1 spiro atoms. The predicted molar refractivity (Wildman–Crippen MR) is 118 cm³/mol. The van der Waals surface area contributed by atoms with E-state index in [1.807, 2.05) is 20.8 Å². The van der Waals surface area contributed by atoms with E-state index in [0.29, 0.717) is 53.3 Å². The topological polar surface area (TPSA) is 78.1 Å². The fourth-order valence-electron chi connectivity index (χ4n) is 3.92. The second-order valence-corrected chi connectivity index (χ2v) is 8.96. The van der Waals surface area contributed by atoms with Crippen LogP contribution in [0, 0.1) is 18.9 Å². The Morgan fingerprint density at radius 2 is 2.06 bits per heavy atom. The third-order valence-corrected chi connectivity index (χ3v) is 6.13. The number of rotatable bonds is 5. The van der Waals surface area contributed by atoms with Crippen LogP contribution in [0.2, 0.25) is 5.02 Å². The smallest absolute Gasteiger partial charge is 0.410 e. The summed E-state index contributed by atoms with van der Waals surface area (Å²) in [6, 6.07) is 4.83. The fourth-order valence-corrected chi connectivity index (χ4v) is 4.13. The fraction of sp³-hybridized carbons (Fsp3) is 0.478. The van der Waals surface area contributed by atoms with E-state index in [1.165, 1.54) is 6.33 Å². The van der Waals surface area contributed by atoms with Crippen LogP contribution in [0.15, 0.2) is 24.5 Å². The van der Waals surface area contributed by atoms with Crippen LogP contribution in [0.1, 0.15) is 38.7 Å². The molecule has 1 atom stereocenters. The number of aromatic nitrogens is 2. The summed E-state index contributed by atoms with van der Waals surface area (Å²) in [4.78, 5) is 26.0. The molecule has 1 aromatic heterocycles. The molecule has 0 radical (unpaired) electrons. The van der Waals surface area contributed by atoms with Crippen molar-refractivity contribution in [1.29, 1.82) is 0 Å². The Hall–Kier alpha value is -3.05. The maximum Gasteiger partial charge on any atom is 0.410 e. The number of amides is 1. The maximum atomic E-state index is 12.3. The molecule has 1 amide bonds. The summed E-state index contributed by atoms with van der Waals surface area (Å²) in [5.41, 5.74) is 1.03. The molecule has 2 aromatic rings. The zero-order valence-corrected chi connectivity index (χ0v) is 19.1. The first-order valence-corrected chi connectivity index (χ1v) is 11.0. The van der Waals surface area contributed by atoms with Gasteiger partial charge in [-0.25, -0.2) is 19.6 Å². The van der Waals surface area contributed by atoms with Crippen LogP contribution >= 0.6 is 11.6 Å². The number of ether oxygens (including phenoxy) is 3. The van der Waals surface area contributed by atoms with Crippen molar-refractivity contribution in [1.82, 2.24) is 14.9 Å². The van der Waals surface area contributed by atoms with Crippen LogP contribution in [0.4, 0.5) is 10.5 Å². The highest BCUT2D eigenvalue weighted by atomic mass is 35.5. The average Bonchev–Trinajstić information content (AvgIpc) is 3.52. The second-order valence-electron chi connectivity index (χ2n) is 8.55. The first-order valence-electron chi connectivity index (χ1n) is 10.6. The maximum absolute atomic E-state index is 12.3. The van der Waals surface area contributed by atoms with Crippen LogP contribution in [-0.4, -0.2) is 46.3 Å². The van der Waals surface area contributed by atoms with Crippen molar-refractivity contribution in [3.05, 3.63) is 46.5 Å². The third-order valence-electron chi connectivity index (χ3n) is 5.83. The third kappa shape index (κ3) is 4.58. The lowest BCUT2D eigenvalue weighted by Gasteiger charge is -2.38. The van der Waals surface area contributed by atoms with E-state index >= 15 is 0 Å². The van der Waals surface area contributed by atoms with Gasteiger partial charge in [0.15, 0.2) is 5.69 Å². The number of hydrogen-bond acceptors (Lipinski definition) is 6. The standard InChI is InChI=1S/C23H25ClN4O4/c1-14(2)30-22(29)28-10-7-19(23(12-28)8-9-23)32-21-15(3)20(26-13-27-21)31-18-6-5-16(25-4)11-17(18)24/h5-6,11,13-14,19H,7-10,12H2,1-3H3. The van der Waals surface area contributed by atoms with E-state index in [1.54, 1.807) is 23.1 Å². The zero-order valence-electron chi connectivity index (χ0n) is 18.3. The highest BCUT2D eigenvalue weighted by molar-refractivity contribution is 6.32. The lowest BCUT2D eigenvalue weighted by Crippen LogP contribution is -2.49. The summed E-state index contributed by atoms with van der Waals surface area (Å²) in [6.45, 7) is 13.8. The molecule has 4 rings (SSSR count). The van der Waals surface area contributed by atoms with Gasteiger partial charge in [-0.05, 0) is 45.7 Å². The number of hydrogen-bond donors (Lipinski definition) is 0. The van der Waals surface area contributed by atoms with Crippen LogP contribution < -0.4 is 9.47 Å². The van der Waals surface area contributed by atoms with Gasteiger partial charge in [0.1, 0.15) is 18.2 Å². The Morgan fingerprint density at radius 1 is 1.31 bits per heavy atom. The normalized spacial score (nSPS) is 18.9. The molecular weight excluding hydrogens is 432 g/mol. The van der Waals surface area contributed by atoms with Crippen molar-refractivity contribution >= 4 is 23.4 Å². The molecular formula is C23H25ClN4O4. The van der Waals surface area contributed by atoms with E-state index in [2.05, 4.69) is 14.8 Å². The molecule has 1 unspecified atom stereocenters. The number of likely N-dealkylation sites (tertiary alicyclic amines) is 1. The molecule has 2 heterocycles. The van der Waals surface area contributed by atoms with Crippen LogP contribution in [-0.2, 0) is 4.74 Å². The van der Waals surface area contributed by atoms with Gasteiger partial charge in [0.2, 0.25) is 11.8 Å². The molecule has 0 bridgehead atoms. The zero-order chi connectivity index (χ0) is 22.9. The van der Waals surface area contributed by atoms with Gasteiger partial charge in [-0.1, -0.05) is 17.7 Å². The van der Waals surface area contributed by atoms with Gasteiger partial charge in [0, 0.05) is 24.9 Å². The van der Waals surface area contributed by atoms with Gasteiger partial charge in [0.25, 0.3) is 0 Å². The molecule has 1 aliphatic carbocycles. The molecule has 0 N–H and O–H groups in total. The molecule has 1 aliphatic heterocycles. The van der Waals surface area contributed by atoms with Crippen molar-refractivity contribution in [3.63, 3.8) is 0 Å². The Labute approximate surface area is 192 Å². The number of halogens is 1. The Balaban J connectivity index is 1.47. The van der Waals surface area contributed by atoms with Crippen LogP contribution in [0.5, 0.6) is 17.5 Å². The summed E-state index contributed by atoms with van der Waals surface area (Å²) in [6.07, 6.45) is 3.65. The second kappa shape index (κ2) is 8.83. The Morgan fingerprint density at radius 3 is 2.72 bits per heavy atom. The van der Waals surface area contributed by atoms with Crippen molar-refractivity contribution in [2.24, 2.45) is 5.41 Å². The van der Waals surface area contributed by atoms with Crippen molar-refractivity contribution < 1.29 is 19.0 Å². The van der Waals surface area contributed by atoms with E-state index < -0.39 is 0 Å². The Kier molecular flexibility index (Phi) is 6.11. The minimum absolute atomic E-state index is 0.0476. The molecule has 32 heavy (non-hydrogen) atoms. The summed E-state index contributed by atoms with van der Waals surface area (Å²) in [5.74, 6) is 1.20. The van der Waals surface area contributed by atoms with Crippen LogP contribution in [0.25, 0.3) is 4.85 Å². The SMILES string of the molecule is [C-]#[N+]c1ccc(Oc2ncnc(OC3CCN(C(=O)OC(C)C)CC34CC4)c2C)c(Cl)c1. The van der Waals surface area contributed by atoms with E-state index in [9.17, 15) is 4.79 Å². The van der Waals surface area contributed by atoms with Gasteiger partial charge in [0.05, 0.1) is 23.3 Å². The quantitative estimate of drug-likeness (QED) is 0.548. The largest absolute Gasteiger partial charge is 0.473 e. The number of carbonyl (C=O) groups is 1. The lowest BCUT2D eigenvalue weighted by atomic mass is 9.91.